The summed E-state index contributed by atoms with van der Waals surface area (Å²) in [5.74, 6) is 1.26. The third kappa shape index (κ3) is 4.22. The lowest BCUT2D eigenvalue weighted by molar-refractivity contribution is 0.411. The van der Waals surface area contributed by atoms with E-state index in [1.54, 1.807) is 25.3 Å². The Kier molecular flexibility index (Phi) is 5.13. The molecule has 0 saturated carbocycles. The second-order valence-corrected chi connectivity index (χ2v) is 3.62. The summed E-state index contributed by atoms with van der Waals surface area (Å²) < 4.78 is 5.08. The van der Waals surface area contributed by atoms with Crippen LogP contribution in [0.15, 0.2) is 23.2 Å². The Morgan fingerprint density at radius 2 is 2.29 bits per heavy atom. The number of hydrogen-bond acceptors (Lipinski definition) is 3. The molecule has 0 unspecified atom stereocenters. The molecular formula is C12H19N3O2. The van der Waals surface area contributed by atoms with Gasteiger partial charge >= 0.3 is 0 Å². The molecule has 0 heterocycles. The van der Waals surface area contributed by atoms with Gasteiger partial charge in [-0.25, -0.2) is 4.99 Å². The molecule has 1 aromatic rings. The predicted molar refractivity (Wildman–Crippen MR) is 68.3 cm³/mol. The first-order valence-corrected chi connectivity index (χ1v) is 5.57. The molecule has 0 saturated heterocycles. The van der Waals surface area contributed by atoms with E-state index in [0.717, 1.165) is 13.0 Å². The second-order valence-electron chi connectivity index (χ2n) is 3.62. The highest BCUT2D eigenvalue weighted by Crippen LogP contribution is 2.23. The Morgan fingerprint density at radius 1 is 1.53 bits per heavy atom. The van der Waals surface area contributed by atoms with Crippen LogP contribution in [-0.2, 0) is 6.54 Å². The van der Waals surface area contributed by atoms with Crippen molar-refractivity contribution in [2.75, 3.05) is 13.7 Å². The topological polar surface area (TPSA) is 79.9 Å². The molecule has 0 fully saturated rings. The number of rotatable bonds is 5. The van der Waals surface area contributed by atoms with Gasteiger partial charge in [0.1, 0.15) is 11.5 Å². The van der Waals surface area contributed by atoms with Crippen molar-refractivity contribution >= 4 is 5.96 Å². The lowest BCUT2D eigenvalue weighted by Gasteiger charge is -2.06. The third-order valence-corrected chi connectivity index (χ3v) is 2.26. The van der Waals surface area contributed by atoms with Gasteiger partial charge in [-0.05, 0) is 24.6 Å². The summed E-state index contributed by atoms with van der Waals surface area (Å²) in [4.78, 5) is 4.14. The van der Waals surface area contributed by atoms with Crippen LogP contribution in [0, 0.1) is 0 Å². The van der Waals surface area contributed by atoms with Crippen LogP contribution >= 0.6 is 0 Å². The lowest BCUT2D eigenvalue weighted by atomic mass is 10.2. The van der Waals surface area contributed by atoms with Crippen LogP contribution in [0.4, 0.5) is 0 Å². The normalized spacial score (nSPS) is 11.3. The minimum Gasteiger partial charge on any atom is -0.508 e. The molecule has 0 amide bonds. The summed E-state index contributed by atoms with van der Waals surface area (Å²) in [6.45, 7) is 3.17. The molecule has 0 aliphatic heterocycles. The second kappa shape index (κ2) is 6.62. The van der Waals surface area contributed by atoms with E-state index >= 15 is 0 Å². The lowest BCUT2D eigenvalue weighted by Crippen LogP contribution is -2.32. The fourth-order valence-electron chi connectivity index (χ4n) is 1.29. The highest BCUT2D eigenvalue weighted by Gasteiger charge is 2.02. The highest BCUT2D eigenvalue weighted by atomic mass is 16.5. The molecule has 0 atom stereocenters. The third-order valence-electron chi connectivity index (χ3n) is 2.26. The fraction of sp³-hybridized carbons (Fsp3) is 0.417. The van der Waals surface area contributed by atoms with Crippen LogP contribution in [0.3, 0.4) is 0 Å². The van der Waals surface area contributed by atoms with E-state index in [-0.39, 0.29) is 5.75 Å². The number of nitrogens with one attached hydrogen (secondary N) is 1. The van der Waals surface area contributed by atoms with Gasteiger partial charge in [0, 0.05) is 12.1 Å². The number of aromatic hydroxyl groups is 1. The Morgan fingerprint density at radius 3 is 2.94 bits per heavy atom. The summed E-state index contributed by atoms with van der Waals surface area (Å²) in [6, 6.07) is 5.02. The Balaban J connectivity index is 2.67. The zero-order valence-corrected chi connectivity index (χ0v) is 10.2. The number of hydrogen-bond donors (Lipinski definition) is 3. The van der Waals surface area contributed by atoms with E-state index in [1.807, 2.05) is 6.92 Å². The van der Waals surface area contributed by atoms with Crippen LogP contribution in [0.5, 0.6) is 11.5 Å². The maximum absolute atomic E-state index is 9.63. The fourth-order valence-corrected chi connectivity index (χ4v) is 1.29. The van der Waals surface area contributed by atoms with E-state index < -0.39 is 0 Å². The molecule has 0 spiro atoms. The number of phenols is 1. The molecule has 1 aromatic carbocycles. The Bertz CT molecular complexity index is 391. The standard InChI is InChI=1S/C12H19N3O2/c1-3-6-14-12(13)15-8-9-7-10(17-2)4-5-11(9)16/h4-5,7,16H,3,6,8H2,1-2H3,(H3,13,14,15). The van der Waals surface area contributed by atoms with Gasteiger partial charge in [-0.3, -0.25) is 0 Å². The molecule has 0 aliphatic rings. The van der Waals surface area contributed by atoms with Gasteiger partial charge in [-0.15, -0.1) is 0 Å². The first kappa shape index (κ1) is 13.2. The van der Waals surface area contributed by atoms with Gasteiger partial charge < -0.3 is 20.9 Å². The summed E-state index contributed by atoms with van der Waals surface area (Å²) in [5, 5.41) is 12.6. The maximum atomic E-state index is 9.63. The van der Waals surface area contributed by atoms with Gasteiger partial charge in [0.2, 0.25) is 0 Å². The van der Waals surface area contributed by atoms with Crippen molar-refractivity contribution in [3.8, 4) is 11.5 Å². The van der Waals surface area contributed by atoms with Crippen LogP contribution < -0.4 is 15.8 Å². The zero-order chi connectivity index (χ0) is 12.7. The van der Waals surface area contributed by atoms with Crippen LogP contribution in [0.2, 0.25) is 0 Å². The van der Waals surface area contributed by atoms with Gasteiger partial charge in [0.15, 0.2) is 5.96 Å². The van der Waals surface area contributed by atoms with Crippen molar-refractivity contribution in [2.45, 2.75) is 19.9 Å². The molecule has 94 valence electrons. The number of ether oxygens (including phenoxy) is 1. The zero-order valence-electron chi connectivity index (χ0n) is 10.2. The van der Waals surface area contributed by atoms with E-state index in [9.17, 15) is 5.11 Å². The molecule has 0 aliphatic carbocycles. The van der Waals surface area contributed by atoms with Crippen LogP contribution in [0.25, 0.3) is 0 Å². The average Bonchev–Trinajstić information content (AvgIpc) is 2.35. The monoisotopic (exact) mass is 237 g/mol. The number of guanidine groups is 1. The largest absolute Gasteiger partial charge is 0.508 e. The number of benzene rings is 1. The number of methoxy groups -OCH3 is 1. The molecule has 17 heavy (non-hydrogen) atoms. The van der Waals surface area contributed by atoms with E-state index in [1.165, 1.54) is 0 Å². The summed E-state index contributed by atoms with van der Waals surface area (Å²) in [5.41, 5.74) is 6.34. The van der Waals surface area contributed by atoms with Gasteiger partial charge in [-0.2, -0.15) is 0 Å². The van der Waals surface area contributed by atoms with Crippen LogP contribution in [0.1, 0.15) is 18.9 Å². The predicted octanol–water partition coefficient (Wildman–Crippen LogP) is 1.22. The quantitative estimate of drug-likeness (QED) is 0.531. The van der Waals surface area contributed by atoms with Crippen molar-refractivity contribution in [3.63, 3.8) is 0 Å². The molecule has 0 bridgehead atoms. The summed E-state index contributed by atoms with van der Waals surface area (Å²) in [7, 11) is 1.58. The first-order chi connectivity index (χ1) is 8.17. The molecule has 1 rings (SSSR count). The van der Waals surface area contributed by atoms with E-state index in [2.05, 4.69) is 10.3 Å². The van der Waals surface area contributed by atoms with Gasteiger partial charge in [0.05, 0.1) is 13.7 Å². The van der Waals surface area contributed by atoms with Crippen molar-refractivity contribution in [2.24, 2.45) is 10.7 Å². The Hall–Kier alpha value is -1.91. The molecule has 5 heteroatoms. The van der Waals surface area contributed by atoms with Crippen LogP contribution in [-0.4, -0.2) is 24.7 Å². The maximum Gasteiger partial charge on any atom is 0.188 e. The SMILES string of the molecule is CCCNC(N)=NCc1cc(OC)ccc1O. The molecular weight excluding hydrogens is 218 g/mol. The van der Waals surface area contributed by atoms with Gasteiger partial charge in [-0.1, -0.05) is 6.92 Å². The molecule has 4 N–H and O–H groups in total. The minimum atomic E-state index is 0.192. The number of nitrogens with zero attached hydrogens (tertiary/aromatic N) is 1. The smallest absolute Gasteiger partial charge is 0.188 e. The van der Waals surface area contributed by atoms with Crippen molar-refractivity contribution in [1.29, 1.82) is 0 Å². The molecule has 0 aromatic heterocycles. The van der Waals surface area contributed by atoms with Gasteiger partial charge in [0.25, 0.3) is 0 Å². The summed E-state index contributed by atoms with van der Waals surface area (Å²) >= 11 is 0. The molecule has 0 radical (unpaired) electrons. The number of nitrogens with two attached hydrogens (primary N) is 1. The highest BCUT2D eigenvalue weighted by molar-refractivity contribution is 5.77. The Labute approximate surface area is 101 Å². The first-order valence-electron chi connectivity index (χ1n) is 5.57. The number of aliphatic imine (C=N–C) groups is 1. The average molecular weight is 237 g/mol. The minimum absolute atomic E-state index is 0.192. The van der Waals surface area contributed by atoms with E-state index in [0.29, 0.717) is 23.8 Å². The van der Waals surface area contributed by atoms with Crippen molar-refractivity contribution in [1.82, 2.24) is 5.32 Å². The van der Waals surface area contributed by atoms with Crippen molar-refractivity contribution in [3.05, 3.63) is 23.8 Å². The molecule has 5 nitrogen and oxygen atoms in total. The summed E-state index contributed by atoms with van der Waals surface area (Å²) in [6.07, 6.45) is 0.987. The number of phenolic OH excluding ortho intramolecular Hbond substituents is 1. The van der Waals surface area contributed by atoms with E-state index in [4.69, 9.17) is 10.5 Å². The van der Waals surface area contributed by atoms with Crippen molar-refractivity contribution < 1.29 is 9.84 Å².